The molecule has 2 atom stereocenters. The average molecular weight is 514 g/mol. The quantitative estimate of drug-likeness (QED) is 0.445. The number of hydrogen-bond acceptors (Lipinski definition) is 8. The summed E-state index contributed by atoms with van der Waals surface area (Å²) in [7, 11) is -1.27. The second-order valence-electron chi connectivity index (χ2n) is 11.3. The molecule has 10 heteroatoms. The van der Waals surface area contributed by atoms with E-state index in [4.69, 9.17) is 14.0 Å². The molecule has 0 amide bonds. The molecule has 3 heterocycles. The number of rotatable bonds is 11. The Bertz CT molecular complexity index is 952. The first-order valence-corrected chi connectivity index (χ1v) is 14.5. The first-order valence-electron chi connectivity index (χ1n) is 12.7. The molecule has 35 heavy (non-hydrogen) atoms. The van der Waals surface area contributed by atoms with Gasteiger partial charge in [-0.2, -0.15) is 0 Å². The van der Waals surface area contributed by atoms with Gasteiger partial charge in [0.15, 0.2) is 12.1 Å². The third kappa shape index (κ3) is 7.58. The van der Waals surface area contributed by atoms with E-state index in [1.807, 2.05) is 45.7 Å². The van der Waals surface area contributed by atoms with E-state index >= 15 is 0 Å². The fourth-order valence-electron chi connectivity index (χ4n) is 4.61. The number of carbonyl (C=O) groups is 1. The first kappa shape index (κ1) is 28.2. The summed E-state index contributed by atoms with van der Waals surface area (Å²) in [6, 6.07) is 1.85. The molecule has 0 radical (unpaired) electrons. The number of hydrogen-bond donors (Lipinski definition) is 0. The van der Waals surface area contributed by atoms with Crippen molar-refractivity contribution in [1.82, 2.24) is 14.4 Å². The van der Waals surface area contributed by atoms with E-state index in [9.17, 15) is 13.2 Å². The lowest BCUT2D eigenvalue weighted by Gasteiger charge is -2.39. The van der Waals surface area contributed by atoms with Crippen LogP contribution in [0.25, 0.3) is 0 Å². The van der Waals surface area contributed by atoms with Gasteiger partial charge < -0.3 is 14.0 Å². The minimum absolute atomic E-state index is 0.0307. The number of ketones is 1. The molecule has 0 bridgehead atoms. The normalized spacial score (nSPS) is 23.1. The topological polar surface area (TPSA) is 102 Å². The van der Waals surface area contributed by atoms with E-state index in [2.05, 4.69) is 5.16 Å². The third-order valence-corrected chi connectivity index (χ3v) is 8.74. The molecule has 0 aromatic carbocycles. The molecule has 1 unspecified atom stereocenters. The SMILES string of the molecule is CN(C[C@H]1CCCN(S(C)(=O)=O)C1)C(C)(C)C(=O)Cc1cc(C(C)(C)COC2CCCCO2)no1. The van der Waals surface area contributed by atoms with E-state index in [0.29, 0.717) is 32.0 Å². The Balaban J connectivity index is 1.55. The monoisotopic (exact) mass is 513 g/mol. The van der Waals surface area contributed by atoms with Crippen LogP contribution in [-0.4, -0.2) is 86.5 Å². The molecule has 2 aliphatic rings. The molecule has 0 saturated carbocycles. The molecule has 1 aromatic rings. The summed E-state index contributed by atoms with van der Waals surface area (Å²) >= 11 is 0. The number of piperidine rings is 1. The van der Waals surface area contributed by atoms with E-state index in [0.717, 1.165) is 44.4 Å². The van der Waals surface area contributed by atoms with Crippen LogP contribution in [0, 0.1) is 5.92 Å². The van der Waals surface area contributed by atoms with Crippen molar-refractivity contribution in [2.75, 3.05) is 46.2 Å². The van der Waals surface area contributed by atoms with Gasteiger partial charge >= 0.3 is 0 Å². The van der Waals surface area contributed by atoms with Crippen molar-refractivity contribution in [1.29, 1.82) is 0 Å². The van der Waals surface area contributed by atoms with Crippen LogP contribution in [-0.2, 0) is 36.1 Å². The second kappa shape index (κ2) is 11.4. The smallest absolute Gasteiger partial charge is 0.211 e. The molecule has 0 spiro atoms. The molecular formula is C25H43N3O6S. The second-order valence-corrected chi connectivity index (χ2v) is 13.3. The highest BCUT2D eigenvalue weighted by molar-refractivity contribution is 7.88. The number of ether oxygens (including phenoxy) is 2. The van der Waals surface area contributed by atoms with Gasteiger partial charge in [-0.15, -0.1) is 0 Å². The molecular weight excluding hydrogens is 470 g/mol. The lowest BCUT2D eigenvalue weighted by molar-refractivity contribution is -0.170. The van der Waals surface area contributed by atoms with Crippen molar-refractivity contribution < 1.29 is 27.2 Å². The van der Waals surface area contributed by atoms with Crippen LogP contribution in [0.5, 0.6) is 0 Å². The van der Waals surface area contributed by atoms with Gasteiger partial charge in [0.25, 0.3) is 0 Å². The molecule has 200 valence electrons. The average Bonchev–Trinajstić information content (AvgIpc) is 3.27. The van der Waals surface area contributed by atoms with Crippen LogP contribution in [0.4, 0.5) is 0 Å². The maximum Gasteiger partial charge on any atom is 0.211 e. The van der Waals surface area contributed by atoms with Crippen LogP contribution in [0.1, 0.15) is 71.3 Å². The van der Waals surface area contributed by atoms with Crippen LogP contribution >= 0.6 is 0 Å². The molecule has 0 N–H and O–H groups in total. The van der Waals surface area contributed by atoms with Gasteiger partial charge in [-0.05, 0) is 58.9 Å². The maximum atomic E-state index is 13.3. The van der Waals surface area contributed by atoms with Gasteiger partial charge in [-0.3, -0.25) is 9.69 Å². The Labute approximate surface area is 210 Å². The minimum atomic E-state index is -3.20. The molecule has 9 nitrogen and oxygen atoms in total. The van der Waals surface area contributed by atoms with Crippen molar-refractivity contribution in [3.8, 4) is 0 Å². The zero-order valence-corrected chi connectivity index (χ0v) is 23.0. The van der Waals surface area contributed by atoms with Crippen molar-refractivity contribution in [2.45, 2.75) is 83.5 Å². The van der Waals surface area contributed by atoms with Gasteiger partial charge in [0, 0.05) is 37.7 Å². The standard InChI is InChI=1S/C25H43N3O6S/c1-24(2,18-33-23-11-7-8-13-32-23)21-14-20(34-26-21)15-22(29)25(3,4)27(5)16-19-10-9-12-28(17-19)35(6,30)31/h14,19,23H,7-13,15-18H2,1-6H3/t19-,23?/m1/s1. The summed E-state index contributed by atoms with van der Waals surface area (Å²) < 4.78 is 42.6. The Hall–Kier alpha value is -1.33. The highest BCUT2D eigenvalue weighted by Gasteiger charge is 2.36. The number of nitrogens with zero attached hydrogens (tertiary/aromatic N) is 3. The fraction of sp³-hybridized carbons (Fsp3) is 0.840. The lowest BCUT2D eigenvalue weighted by Crippen LogP contribution is -2.52. The number of likely N-dealkylation sites (N-methyl/N-ethyl adjacent to an activating group) is 1. The Morgan fingerprint density at radius 2 is 1.97 bits per heavy atom. The fourth-order valence-corrected chi connectivity index (χ4v) is 5.56. The Kier molecular flexibility index (Phi) is 9.18. The lowest BCUT2D eigenvalue weighted by atomic mass is 9.89. The summed E-state index contributed by atoms with van der Waals surface area (Å²) in [5, 5.41) is 4.23. The largest absolute Gasteiger partial charge is 0.361 e. The zero-order valence-electron chi connectivity index (χ0n) is 22.2. The predicted octanol–water partition coefficient (Wildman–Crippen LogP) is 2.99. The summed E-state index contributed by atoms with van der Waals surface area (Å²) in [6.07, 6.45) is 6.13. The van der Waals surface area contributed by atoms with Crippen LogP contribution in [0.3, 0.4) is 0 Å². The number of Topliss-reactive ketones (excluding diaryl/α,β-unsaturated/α-hetero) is 1. The van der Waals surface area contributed by atoms with E-state index in [1.165, 1.54) is 6.26 Å². The summed E-state index contributed by atoms with van der Waals surface area (Å²) in [6.45, 7) is 10.8. The molecule has 3 rings (SSSR count). The summed E-state index contributed by atoms with van der Waals surface area (Å²) in [5.74, 6) is 0.763. The Morgan fingerprint density at radius 1 is 1.23 bits per heavy atom. The van der Waals surface area contributed by atoms with Crippen LogP contribution < -0.4 is 0 Å². The van der Waals surface area contributed by atoms with Crippen LogP contribution in [0.2, 0.25) is 0 Å². The summed E-state index contributed by atoms with van der Waals surface area (Å²) in [4.78, 5) is 15.3. The third-order valence-electron chi connectivity index (χ3n) is 7.47. The number of aromatic nitrogens is 1. The molecule has 2 saturated heterocycles. The molecule has 2 aliphatic heterocycles. The van der Waals surface area contributed by atoms with Gasteiger partial charge in [0.1, 0.15) is 5.76 Å². The summed E-state index contributed by atoms with van der Waals surface area (Å²) in [5.41, 5.74) is -0.341. The first-order chi connectivity index (χ1) is 16.3. The van der Waals surface area contributed by atoms with Gasteiger partial charge in [-0.25, -0.2) is 12.7 Å². The number of sulfonamides is 1. The van der Waals surface area contributed by atoms with Crippen molar-refractivity contribution in [2.24, 2.45) is 5.92 Å². The zero-order chi connectivity index (χ0) is 25.9. The molecule has 0 aliphatic carbocycles. The van der Waals surface area contributed by atoms with Crippen molar-refractivity contribution in [3.05, 3.63) is 17.5 Å². The van der Waals surface area contributed by atoms with Crippen molar-refractivity contribution in [3.63, 3.8) is 0 Å². The van der Waals surface area contributed by atoms with E-state index in [-0.39, 0.29) is 29.8 Å². The van der Waals surface area contributed by atoms with Gasteiger partial charge in [0.2, 0.25) is 10.0 Å². The minimum Gasteiger partial charge on any atom is -0.361 e. The maximum absolute atomic E-state index is 13.3. The van der Waals surface area contributed by atoms with E-state index in [1.54, 1.807) is 4.31 Å². The highest BCUT2D eigenvalue weighted by atomic mass is 32.2. The van der Waals surface area contributed by atoms with Crippen molar-refractivity contribution >= 4 is 15.8 Å². The van der Waals surface area contributed by atoms with Gasteiger partial charge in [-0.1, -0.05) is 19.0 Å². The highest BCUT2D eigenvalue weighted by Crippen LogP contribution is 2.27. The predicted molar refractivity (Wildman–Crippen MR) is 134 cm³/mol. The number of carbonyl (C=O) groups excluding carboxylic acids is 1. The van der Waals surface area contributed by atoms with Gasteiger partial charge in [0.05, 0.1) is 30.5 Å². The molecule has 2 fully saturated rings. The van der Waals surface area contributed by atoms with E-state index < -0.39 is 15.6 Å². The molecule has 1 aromatic heterocycles. The van der Waals surface area contributed by atoms with Crippen LogP contribution in [0.15, 0.2) is 10.6 Å². The Morgan fingerprint density at radius 3 is 2.63 bits per heavy atom.